The Morgan fingerprint density at radius 2 is 1.83 bits per heavy atom. The molecule has 30 heavy (non-hydrogen) atoms. The highest BCUT2D eigenvalue weighted by Crippen LogP contribution is 2.43. The molecule has 0 unspecified atom stereocenters. The monoisotopic (exact) mass is 423 g/mol. The van der Waals surface area contributed by atoms with Gasteiger partial charge in [0.1, 0.15) is 17.5 Å². The molecule has 0 saturated carbocycles. The van der Waals surface area contributed by atoms with Crippen LogP contribution in [0.2, 0.25) is 0 Å². The molecule has 0 spiro atoms. The number of hydrogen-bond donors (Lipinski definition) is 0. The molecule has 0 bridgehead atoms. The lowest BCUT2D eigenvalue weighted by molar-refractivity contribution is -0.165. The highest BCUT2D eigenvalue weighted by atomic mass is 32.1. The molecule has 2 atom stereocenters. The lowest BCUT2D eigenvalue weighted by Crippen LogP contribution is -2.60. The van der Waals surface area contributed by atoms with E-state index >= 15 is 0 Å². The van der Waals surface area contributed by atoms with Crippen molar-refractivity contribution in [1.82, 2.24) is 4.90 Å². The third-order valence-corrected chi connectivity index (χ3v) is 6.52. The van der Waals surface area contributed by atoms with Gasteiger partial charge in [0.25, 0.3) is 5.91 Å². The van der Waals surface area contributed by atoms with E-state index in [1.165, 1.54) is 0 Å². The Balaban J connectivity index is 1.39. The number of thiophene rings is 1. The lowest BCUT2D eigenvalue weighted by atomic mass is 9.93. The Labute approximate surface area is 178 Å². The van der Waals surface area contributed by atoms with E-state index in [0.29, 0.717) is 12.3 Å². The van der Waals surface area contributed by atoms with Gasteiger partial charge in [0.2, 0.25) is 12.9 Å². The summed E-state index contributed by atoms with van der Waals surface area (Å²) in [6.45, 7) is 2.79. The zero-order chi connectivity index (χ0) is 20.7. The molecule has 1 aromatic heterocycles. The molecule has 2 aromatic carbocycles. The molecule has 3 aromatic rings. The van der Waals surface area contributed by atoms with Crippen molar-refractivity contribution in [3.63, 3.8) is 0 Å². The first-order valence-electron chi connectivity index (χ1n) is 9.68. The SMILES string of the molecule is COc1ccc(O[C@H]2C(=O)N(Cc3ccc4c(c3)OCO4)[C@@H]2c2sccc2C)cc1. The second kappa shape index (κ2) is 7.57. The summed E-state index contributed by atoms with van der Waals surface area (Å²) < 4.78 is 22.2. The molecule has 154 valence electrons. The molecule has 7 heteroatoms. The molecule has 1 saturated heterocycles. The molecule has 6 nitrogen and oxygen atoms in total. The van der Waals surface area contributed by atoms with Gasteiger partial charge in [0.15, 0.2) is 11.5 Å². The topological polar surface area (TPSA) is 57.2 Å². The van der Waals surface area contributed by atoms with Crippen LogP contribution < -0.4 is 18.9 Å². The van der Waals surface area contributed by atoms with Crippen LogP contribution in [-0.4, -0.2) is 30.8 Å². The van der Waals surface area contributed by atoms with E-state index in [4.69, 9.17) is 18.9 Å². The van der Waals surface area contributed by atoms with Gasteiger partial charge in [-0.05, 0) is 65.9 Å². The van der Waals surface area contributed by atoms with Crippen molar-refractivity contribution in [2.24, 2.45) is 0 Å². The van der Waals surface area contributed by atoms with Crippen molar-refractivity contribution >= 4 is 17.2 Å². The number of rotatable bonds is 6. The molecule has 1 fully saturated rings. The highest BCUT2D eigenvalue weighted by Gasteiger charge is 2.51. The van der Waals surface area contributed by atoms with Crippen LogP contribution in [0.5, 0.6) is 23.0 Å². The second-order valence-electron chi connectivity index (χ2n) is 7.28. The van der Waals surface area contributed by atoms with Crippen LogP contribution in [0.3, 0.4) is 0 Å². The maximum Gasteiger partial charge on any atom is 0.267 e. The van der Waals surface area contributed by atoms with E-state index in [1.807, 2.05) is 47.4 Å². The van der Waals surface area contributed by atoms with Gasteiger partial charge in [0, 0.05) is 11.4 Å². The van der Waals surface area contributed by atoms with Crippen LogP contribution in [0.25, 0.3) is 0 Å². The fourth-order valence-electron chi connectivity index (χ4n) is 3.81. The van der Waals surface area contributed by atoms with Crippen molar-refractivity contribution in [1.29, 1.82) is 0 Å². The summed E-state index contributed by atoms with van der Waals surface area (Å²) in [5, 5.41) is 2.05. The molecule has 2 aliphatic heterocycles. The molecule has 2 aliphatic rings. The number of carbonyl (C=O) groups is 1. The number of β-lactam (4-membered cyclic amide) rings is 1. The van der Waals surface area contributed by atoms with E-state index in [1.54, 1.807) is 18.4 Å². The summed E-state index contributed by atoms with van der Waals surface area (Å²) in [5.41, 5.74) is 2.16. The quantitative estimate of drug-likeness (QED) is 0.553. The Morgan fingerprint density at radius 1 is 1.07 bits per heavy atom. The normalized spacial score (nSPS) is 19.5. The molecule has 0 radical (unpaired) electrons. The maximum absolute atomic E-state index is 13.1. The molecule has 5 rings (SSSR count). The maximum atomic E-state index is 13.1. The Kier molecular flexibility index (Phi) is 4.75. The molecular formula is C23H21NO5S. The minimum atomic E-state index is -0.551. The summed E-state index contributed by atoms with van der Waals surface area (Å²) in [5.74, 6) is 2.82. The zero-order valence-electron chi connectivity index (χ0n) is 16.7. The van der Waals surface area contributed by atoms with E-state index in [2.05, 4.69) is 18.4 Å². The first kappa shape index (κ1) is 18.8. The third kappa shape index (κ3) is 3.25. The number of methoxy groups -OCH3 is 1. The van der Waals surface area contributed by atoms with E-state index in [9.17, 15) is 4.79 Å². The first-order chi connectivity index (χ1) is 14.6. The number of benzene rings is 2. The second-order valence-corrected chi connectivity index (χ2v) is 8.23. The summed E-state index contributed by atoms with van der Waals surface area (Å²) in [6.07, 6.45) is -0.551. The van der Waals surface area contributed by atoms with Crippen LogP contribution in [0.15, 0.2) is 53.9 Å². The fourth-order valence-corrected chi connectivity index (χ4v) is 4.87. The average molecular weight is 423 g/mol. The van der Waals surface area contributed by atoms with E-state index in [-0.39, 0.29) is 18.7 Å². The van der Waals surface area contributed by atoms with Gasteiger partial charge >= 0.3 is 0 Å². The predicted octanol–water partition coefficient (Wildman–Crippen LogP) is 4.32. The van der Waals surface area contributed by atoms with Gasteiger partial charge in [-0.2, -0.15) is 0 Å². The molecule has 0 aliphatic carbocycles. The van der Waals surface area contributed by atoms with Crippen LogP contribution in [0.4, 0.5) is 0 Å². The number of nitrogens with zero attached hydrogens (tertiary/aromatic N) is 1. The summed E-state index contributed by atoms with van der Waals surface area (Å²) in [6, 6.07) is 15.0. The lowest BCUT2D eigenvalue weighted by Gasteiger charge is -2.46. The van der Waals surface area contributed by atoms with Gasteiger partial charge in [-0.3, -0.25) is 4.79 Å². The van der Waals surface area contributed by atoms with Crippen LogP contribution in [-0.2, 0) is 11.3 Å². The summed E-state index contributed by atoms with van der Waals surface area (Å²) in [4.78, 5) is 16.1. The summed E-state index contributed by atoms with van der Waals surface area (Å²) in [7, 11) is 1.62. The number of likely N-dealkylation sites (tertiary alicyclic amines) is 1. The number of ether oxygens (including phenoxy) is 4. The Hall–Kier alpha value is -3.19. The Bertz CT molecular complexity index is 1080. The standard InChI is InChI=1S/C23H21NO5S/c1-14-9-10-30-22(14)20-21(29-17-6-4-16(26-2)5-7-17)23(25)24(20)12-15-3-8-18-19(11-15)28-13-27-18/h3-11,20-21H,12-13H2,1-2H3/t20-,21+/m0/s1. The molecule has 1 amide bonds. The minimum Gasteiger partial charge on any atom is -0.497 e. The smallest absolute Gasteiger partial charge is 0.267 e. The highest BCUT2D eigenvalue weighted by molar-refractivity contribution is 7.10. The van der Waals surface area contributed by atoms with Crippen molar-refractivity contribution in [3.8, 4) is 23.0 Å². The van der Waals surface area contributed by atoms with Crippen LogP contribution in [0, 0.1) is 6.92 Å². The van der Waals surface area contributed by atoms with Crippen LogP contribution >= 0.6 is 11.3 Å². The van der Waals surface area contributed by atoms with E-state index in [0.717, 1.165) is 33.3 Å². The number of amides is 1. The molecular weight excluding hydrogens is 402 g/mol. The fraction of sp³-hybridized carbons (Fsp3) is 0.261. The largest absolute Gasteiger partial charge is 0.497 e. The van der Waals surface area contributed by atoms with Gasteiger partial charge < -0.3 is 23.8 Å². The van der Waals surface area contributed by atoms with Crippen molar-refractivity contribution in [2.75, 3.05) is 13.9 Å². The minimum absolute atomic E-state index is 0.0266. The van der Waals surface area contributed by atoms with Gasteiger partial charge in [-0.1, -0.05) is 6.07 Å². The molecule has 3 heterocycles. The number of aryl methyl sites for hydroxylation is 1. The Morgan fingerprint density at radius 3 is 2.57 bits per heavy atom. The average Bonchev–Trinajstić information content (AvgIpc) is 3.41. The third-order valence-electron chi connectivity index (χ3n) is 5.43. The van der Waals surface area contributed by atoms with Gasteiger partial charge in [0.05, 0.1) is 7.11 Å². The van der Waals surface area contributed by atoms with Crippen molar-refractivity contribution in [3.05, 3.63) is 69.9 Å². The van der Waals surface area contributed by atoms with Crippen molar-refractivity contribution < 1.29 is 23.7 Å². The zero-order valence-corrected chi connectivity index (χ0v) is 17.5. The molecule has 0 N–H and O–H groups in total. The first-order valence-corrected chi connectivity index (χ1v) is 10.6. The number of carbonyl (C=O) groups excluding carboxylic acids is 1. The number of hydrogen-bond acceptors (Lipinski definition) is 6. The van der Waals surface area contributed by atoms with Gasteiger partial charge in [-0.15, -0.1) is 11.3 Å². The van der Waals surface area contributed by atoms with E-state index < -0.39 is 6.10 Å². The predicted molar refractivity (Wildman–Crippen MR) is 112 cm³/mol. The van der Waals surface area contributed by atoms with Gasteiger partial charge in [-0.25, -0.2) is 0 Å². The van der Waals surface area contributed by atoms with Crippen molar-refractivity contribution in [2.45, 2.75) is 25.6 Å². The summed E-state index contributed by atoms with van der Waals surface area (Å²) >= 11 is 1.65. The number of fused-ring (bicyclic) bond motifs is 1. The van der Waals surface area contributed by atoms with Crippen LogP contribution in [0.1, 0.15) is 22.0 Å².